The largest absolute Gasteiger partial charge is 0.491 e. The van der Waals surface area contributed by atoms with Crippen molar-refractivity contribution in [3.05, 3.63) is 88.1 Å². The topological polar surface area (TPSA) is 166 Å². The van der Waals surface area contributed by atoms with Gasteiger partial charge in [0.05, 0.1) is 6.61 Å². The molecule has 0 amide bonds. The van der Waals surface area contributed by atoms with Crippen LogP contribution in [-0.2, 0) is 4.74 Å². The summed E-state index contributed by atoms with van der Waals surface area (Å²) in [4.78, 5) is 23.5. The van der Waals surface area contributed by atoms with Crippen LogP contribution in [0.15, 0.2) is 59.7 Å². The van der Waals surface area contributed by atoms with Gasteiger partial charge in [0.2, 0.25) is 0 Å². The lowest BCUT2D eigenvalue weighted by Gasteiger charge is -2.21. The summed E-state index contributed by atoms with van der Waals surface area (Å²) >= 11 is 0. The maximum Gasteiger partial charge on any atom is 0.350 e. The summed E-state index contributed by atoms with van der Waals surface area (Å²) in [7, 11) is 1.48. The molecule has 1 unspecified atom stereocenters. The molecule has 39 heavy (non-hydrogen) atoms. The number of H-pyrrole nitrogens is 1. The molecule has 0 aliphatic rings. The Morgan fingerprint density at radius 3 is 2.56 bits per heavy atom. The number of rotatable bonds is 13. The van der Waals surface area contributed by atoms with E-state index in [4.69, 9.17) is 25.4 Å². The average Bonchev–Trinajstić information content (AvgIpc) is 3.34. The van der Waals surface area contributed by atoms with Crippen LogP contribution in [0.4, 0.5) is 14.5 Å². The second-order valence-corrected chi connectivity index (χ2v) is 8.05. The Labute approximate surface area is 221 Å². The van der Waals surface area contributed by atoms with Crippen molar-refractivity contribution in [1.29, 1.82) is 5.41 Å². The quantitative estimate of drug-likeness (QED) is 0.113. The summed E-state index contributed by atoms with van der Waals surface area (Å²) in [5.41, 5.74) is 5.86. The predicted octanol–water partition coefficient (Wildman–Crippen LogP) is 2.35. The van der Waals surface area contributed by atoms with Crippen molar-refractivity contribution in [2.45, 2.75) is 6.04 Å². The summed E-state index contributed by atoms with van der Waals surface area (Å²) in [6.07, 6.45) is 2.90. The van der Waals surface area contributed by atoms with Crippen LogP contribution >= 0.6 is 0 Å². The third-order valence-electron chi connectivity index (χ3n) is 5.40. The Morgan fingerprint density at radius 2 is 1.90 bits per heavy atom. The number of hydrogen-bond donors (Lipinski definition) is 4. The van der Waals surface area contributed by atoms with Gasteiger partial charge in [0.15, 0.2) is 17.4 Å². The molecule has 0 fully saturated rings. The van der Waals surface area contributed by atoms with Gasteiger partial charge < -0.3 is 25.3 Å². The second kappa shape index (κ2) is 12.6. The number of alkyl halides is 1. The third-order valence-corrected chi connectivity index (χ3v) is 5.40. The standard InChI is InChI=1S/C25H26F2N8O4/c1-37-11-12-39-19-14-17(38-10-7-26)13-18(20(19)27)21(32-16-5-3-15(4-6-16)22(28)29)23-33-25(36)35(34-23)24-30-8-2-9-31-24/h2-6,8-9,13-14,21,32H,7,10-12H2,1H3,(H3,28,29)(H,33,34,36). The molecule has 0 spiro atoms. The number of aromatic nitrogens is 5. The average molecular weight is 541 g/mol. The molecule has 2 heterocycles. The number of amidine groups is 1. The van der Waals surface area contributed by atoms with E-state index in [2.05, 4.69) is 25.4 Å². The van der Waals surface area contributed by atoms with Gasteiger partial charge in [-0.15, -0.1) is 9.78 Å². The summed E-state index contributed by atoms with van der Waals surface area (Å²) < 4.78 is 45.7. The van der Waals surface area contributed by atoms with Crippen LogP contribution in [0.25, 0.3) is 5.95 Å². The normalized spacial score (nSPS) is 11.7. The first-order valence-electron chi connectivity index (χ1n) is 11.7. The van der Waals surface area contributed by atoms with Crippen LogP contribution in [0, 0.1) is 11.2 Å². The van der Waals surface area contributed by atoms with E-state index >= 15 is 4.39 Å². The number of ether oxygens (including phenoxy) is 3. The van der Waals surface area contributed by atoms with Crippen LogP contribution in [0.1, 0.15) is 23.0 Å². The van der Waals surface area contributed by atoms with Gasteiger partial charge in [-0.1, -0.05) is 0 Å². The monoisotopic (exact) mass is 540 g/mol. The predicted molar refractivity (Wildman–Crippen MR) is 138 cm³/mol. The van der Waals surface area contributed by atoms with E-state index in [9.17, 15) is 9.18 Å². The minimum Gasteiger partial charge on any atom is -0.491 e. The maximum absolute atomic E-state index is 15.9. The number of nitrogens with zero attached hydrogens (tertiary/aromatic N) is 4. The zero-order chi connectivity index (χ0) is 27.8. The number of methoxy groups -OCH3 is 1. The Morgan fingerprint density at radius 1 is 1.15 bits per heavy atom. The lowest BCUT2D eigenvalue weighted by Crippen LogP contribution is -2.18. The van der Waals surface area contributed by atoms with Crippen molar-refractivity contribution in [3.8, 4) is 17.4 Å². The Balaban J connectivity index is 1.83. The number of nitrogens with two attached hydrogens (primary N) is 1. The summed E-state index contributed by atoms with van der Waals surface area (Å²) in [5.74, 6) is -0.867. The minimum atomic E-state index is -1.09. The highest BCUT2D eigenvalue weighted by atomic mass is 19.1. The van der Waals surface area contributed by atoms with Gasteiger partial charge in [-0.2, -0.15) is 0 Å². The fourth-order valence-electron chi connectivity index (χ4n) is 3.60. The van der Waals surface area contributed by atoms with E-state index in [0.717, 1.165) is 4.68 Å². The first-order chi connectivity index (χ1) is 18.9. The molecule has 4 rings (SSSR count). The highest BCUT2D eigenvalue weighted by molar-refractivity contribution is 5.95. The molecule has 0 aliphatic carbocycles. The van der Waals surface area contributed by atoms with Crippen LogP contribution in [0.5, 0.6) is 11.5 Å². The molecule has 0 radical (unpaired) electrons. The Bertz CT molecular complexity index is 1460. The molecule has 2 aromatic heterocycles. The third kappa shape index (κ3) is 6.54. The molecule has 5 N–H and O–H groups in total. The van der Waals surface area contributed by atoms with E-state index in [1.165, 1.54) is 31.6 Å². The van der Waals surface area contributed by atoms with Gasteiger partial charge in [-0.25, -0.2) is 23.5 Å². The van der Waals surface area contributed by atoms with Gasteiger partial charge in [0.1, 0.15) is 37.5 Å². The molecule has 14 heteroatoms. The van der Waals surface area contributed by atoms with E-state index in [0.29, 0.717) is 11.3 Å². The molecule has 4 aromatic rings. The molecule has 1 atom stereocenters. The van der Waals surface area contributed by atoms with Gasteiger partial charge in [-0.05, 0) is 36.4 Å². The van der Waals surface area contributed by atoms with Crippen molar-refractivity contribution in [3.63, 3.8) is 0 Å². The molecule has 2 aromatic carbocycles. The number of anilines is 1. The fraction of sp³-hybridized carbons (Fsp3) is 0.240. The highest BCUT2D eigenvalue weighted by Crippen LogP contribution is 2.35. The summed E-state index contributed by atoms with van der Waals surface area (Å²) in [6, 6.07) is 9.65. The van der Waals surface area contributed by atoms with E-state index in [-0.39, 0.29) is 54.5 Å². The SMILES string of the molecule is COCCOc1cc(OCCF)cc(C(Nc2ccc(C(=N)N)cc2)c2nn(-c3ncccn3)c(=O)[nH]2)c1F. The van der Waals surface area contributed by atoms with Crippen LogP contribution in [-0.4, -0.2) is 64.2 Å². The van der Waals surface area contributed by atoms with Crippen LogP contribution in [0.3, 0.4) is 0 Å². The molecule has 0 saturated heterocycles. The molecular formula is C25H26F2N8O4. The van der Waals surface area contributed by atoms with E-state index in [1.807, 2.05) is 0 Å². The summed E-state index contributed by atoms with van der Waals surface area (Å²) in [5, 5.41) is 15.1. The van der Waals surface area contributed by atoms with Crippen molar-refractivity contribution in [1.82, 2.24) is 24.7 Å². The number of nitrogens with one attached hydrogen (secondary N) is 3. The van der Waals surface area contributed by atoms with E-state index in [1.54, 1.807) is 30.3 Å². The first-order valence-corrected chi connectivity index (χ1v) is 11.7. The Hall–Kier alpha value is -4.85. The van der Waals surface area contributed by atoms with Gasteiger partial charge >= 0.3 is 5.69 Å². The lowest BCUT2D eigenvalue weighted by molar-refractivity contribution is 0.143. The maximum atomic E-state index is 15.9. The van der Waals surface area contributed by atoms with Gasteiger partial charge in [-0.3, -0.25) is 10.4 Å². The zero-order valence-electron chi connectivity index (χ0n) is 20.9. The number of benzene rings is 2. The number of aromatic amines is 1. The van der Waals surface area contributed by atoms with Crippen molar-refractivity contribution in [2.24, 2.45) is 5.73 Å². The minimum absolute atomic E-state index is 0.00991. The molecule has 0 aliphatic heterocycles. The van der Waals surface area contributed by atoms with Gasteiger partial charge in [0.25, 0.3) is 5.95 Å². The zero-order valence-corrected chi connectivity index (χ0v) is 20.9. The smallest absolute Gasteiger partial charge is 0.350 e. The molecule has 0 bridgehead atoms. The van der Waals surface area contributed by atoms with Crippen LogP contribution in [0.2, 0.25) is 0 Å². The fourth-order valence-corrected chi connectivity index (χ4v) is 3.60. The molecule has 204 valence electrons. The molecule has 0 saturated carbocycles. The van der Waals surface area contributed by atoms with E-state index < -0.39 is 24.2 Å². The number of halogens is 2. The number of hydrogen-bond acceptors (Lipinski definition) is 9. The summed E-state index contributed by atoms with van der Waals surface area (Å²) in [6.45, 7) is -0.778. The lowest BCUT2D eigenvalue weighted by atomic mass is 10.0. The number of nitrogen functional groups attached to an aromatic ring is 1. The van der Waals surface area contributed by atoms with Crippen molar-refractivity contribution < 1.29 is 23.0 Å². The Kier molecular flexibility index (Phi) is 8.78. The molecular weight excluding hydrogens is 514 g/mol. The van der Waals surface area contributed by atoms with Gasteiger partial charge in [0, 0.05) is 42.4 Å². The van der Waals surface area contributed by atoms with Crippen molar-refractivity contribution in [2.75, 3.05) is 38.9 Å². The second-order valence-electron chi connectivity index (χ2n) is 8.05. The highest BCUT2D eigenvalue weighted by Gasteiger charge is 2.27. The molecule has 12 nitrogen and oxygen atoms in total. The van der Waals surface area contributed by atoms with Crippen LogP contribution < -0.4 is 26.2 Å². The van der Waals surface area contributed by atoms with Crippen molar-refractivity contribution >= 4 is 11.5 Å². The first kappa shape index (κ1) is 27.2.